The van der Waals surface area contributed by atoms with Crippen molar-refractivity contribution < 1.29 is 9.53 Å². The first-order valence-electron chi connectivity index (χ1n) is 6.71. The summed E-state index contributed by atoms with van der Waals surface area (Å²) in [6.07, 6.45) is 0. The highest BCUT2D eigenvalue weighted by atomic mass is 32.1. The molecule has 0 spiro atoms. The van der Waals surface area contributed by atoms with Gasteiger partial charge in [0, 0.05) is 12.1 Å². The molecule has 0 atom stereocenters. The highest BCUT2D eigenvalue weighted by Crippen LogP contribution is 2.10. The van der Waals surface area contributed by atoms with Gasteiger partial charge < -0.3 is 10.1 Å². The zero-order valence-corrected chi connectivity index (χ0v) is 12.9. The van der Waals surface area contributed by atoms with Crippen molar-refractivity contribution >= 4 is 23.2 Å². The van der Waals surface area contributed by atoms with Crippen LogP contribution in [0, 0.1) is 0 Å². The van der Waals surface area contributed by atoms with E-state index >= 15 is 0 Å². The normalized spacial score (nSPS) is 9.68. The predicted octanol–water partition coefficient (Wildman–Crippen LogP) is 2.00. The fourth-order valence-electron chi connectivity index (χ4n) is 1.75. The van der Waals surface area contributed by atoms with E-state index in [0.29, 0.717) is 17.2 Å². The summed E-state index contributed by atoms with van der Waals surface area (Å²) in [5.74, 6) is 0.564. The first-order chi connectivity index (χ1) is 10.7. The summed E-state index contributed by atoms with van der Waals surface area (Å²) >= 11 is 5.11. The van der Waals surface area contributed by atoms with Gasteiger partial charge in [-0.2, -0.15) is 0 Å². The summed E-state index contributed by atoms with van der Waals surface area (Å²) in [5.41, 5.74) is 6.83. The minimum atomic E-state index is -0.241. The Morgan fingerprint density at radius 2 is 1.73 bits per heavy atom. The van der Waals surface area contributed by atoms with Crippen molar-refractivity contribution in [1.29, 1.82) is 0 Å². The van der Waals surface area contributed by atoms with Crippen LogP contribution in [0.25, 0.3) is 0 Å². The van der Waals surface area contributed by atoms with Crippen molar-refractivity contribution in [3.63, 3.8) is 0 Å². The second-order valence-electron chi connectivity index (χ2n) is 4.48. The Morgan fingerprint density at radius 1 is 1.05 bits per heavy atom. The molecule has 0 bridgehead atoms. The maximum atomic E-state index is 11.8. The minimum Gasteiger partial charge on any atom is -0.497 e. The molecule has 6 heteroatoms. The monoisotopic (exact) mass is 315 g/mol. The number of amides is 1. The summed E-state index contributed by atoms with van der Waals surface area (Å²) in [6.45, 7) is 0.553. The molecule has 114 valence electrons. The molecule has 0 aliphatic heterocycles. The molecular formula is C16H17N3O2S. The number of methoxy groups -OCH3 is 1. The smallest absolute Gasteiger partial charge is 0.269 e. The predicted molar refractivity (Wildman–Crippen MR) is 89.5 cm³/mol. The van der Waals surface area contributed by atoms with E-state index in [4.69, 9.17) is 17.0 Å². The molecule has 0 saturated heterocycles. The SMILES string of the molecule is COc1ccc(CNC(=S)NNC(=O)c2ccccc2)cc1. The highest BCUT2D eigenvalue weighted by Gasteiger charge is 2.04. The Bertz CT molecular complexity index is 630. The first kappa shape index (κ1) is 15.8. The van der Waals surface area contributed by atoms with E-state index in [-0.39, 0.29) is 5.91 Å². The maximum Gasteiger partial charge on any atom is 0.269 e. The van der Waals surface area contributed by atoms with Crippen LogP contribution in [-0.4, -0.2) is 18.1 Å². The third-order valence-corrected chi connectivity index (χ3v) is 3.18. The van der Waals surface area contributed by atoms with Crippen LogP contribution in [0.2, 0.25) is 0 Å². The van der Waals surface area contributed by atoms with Gasteiger partial charge in [0.25, 0.3) is 5.91 Å². The van der Waals surface area contributed by atoms with Crippen LogP contribution in [0.4, 0.5) is 0 Å². The van der Waals surface area contributed by atoms with E-state index in [1.54, 1.807) is 31.4 Å². The van der Waals surface area contributed by atoms with Crippen LogP contribution >= 0.6 is 12.2 Å². The second-order valence-corrected chi connectivity index (χ2v) is 4.88. The Balaban J connectivity index is 1.74. The molecular weight excluding hydrogens is 298 g/mol. The number of hydrogen-bond acceptors (Lipinski definition) is 3. The average Bonchev–Trinajstić information content (AvgIpc) is 2.59. The van der Waals surface area contributed by atoms with Gasteiger partial charge >= 0.3 is 0 Å². The molecule has 22 heavy (non-hydrogen) atoms. The average molecular weight is 315 g/mol. The van der Waals surface area contributed by atoms with Gasteiger partial charge in [0.1, 0.15) is 5.75 Å². The fourth-order valence-corrected chi connectivity index (χ4v) is 1.87. The standard InChI is InChI=1S/C16H17N3O2S/c1-21-14-9-7-12(8-10-14)11-17-16(22)19-18-15(20)13-5-3-2-4-6-13/h2-10H,11H2,1H3,(H,18,20)(H2,17,19,22). The summed E-state index contributed by atoms with van der Waals surface area (Å²) in [7, 11) is 1.63. The van der Waals surface area contributed by atoms with Gasteiger partial charge in [0.05, 0.1) is 7.11 Å². The van der Waals surface area contributed by atoms with E-state index in [9.17, 15) is 4.79 Å². The molecule has 0 aliphatic rings. The minimum absolute atomic E-state index is 0.241. The Hall–Kier alpha value is -2.60. The van der Waals surface area contributed by atoms with Crippen LogP contribution in [0.5, 0.6) is 5.75 Å². The first-order valence-corrected chi connectivity index (χ1v) is 7.12. The van der Waals surface area contributed by atoms with Gasteiger partial charge in [-0.05, 0) is 42.0 Å². The number of hydrogen-bond donors (Lipinski definition) is 3. The molecule has 0 aromatic heterocycles. The van der Waals surface area contributed by atoms with Crippen molar-refractivity contribution in [2.75, 3.05) is 7.11 Å². The molecule has 1 amide bonds. The highest BCUT2D eigenvalue weighted by molar-refractivity contribution is 7.80. The number of nitrogens with one attached hydrogen (secondary N) is 3. The number of carbonyl (C=O) groups excluding carboxylic acids is 1. The molecule has 0 heterocycles. The number of rotatable bonds is 4. The Kier molecular flexibility index (Phi) is 5.73. The van der Waals surface area contributed by atoms with Crippen molar-refractivity contribution in [3.8, 4) is 5.75 Å². The third kappa shape index (κ3) is 4.75. The molecule has 0 saturated carbocycles. The molecule has 0 radical (unpaired) electrons. The summed E-state index contributed by atoms with van der Waals surface area (Å²) in [6, 6.07) is 16.6. The van der Waals surface area contributed by atoms with Crippen molar-refractivity contribution in [3.05, 3.63) is 65.7 Å². The zero-order chi connectivity index (χ0) is 15.8. The van der Waals surface area contributed by atoms with Crippen LogP contribution in [0.15, 0.2) is 54.6 Å². The number of thiocarbonyl (C=S) groups is 1. The maximum absolute atomic E-state index is 11.8. The molecule has 2 rings (SSSR count). The topological polar surface area (TPSA) is 62.4 Å². The lowest BCUT2D eigenvalue weighted by molar-refractivity contribution is 0.0943. The zero-order valence-electron chi connectivity index (χ0n) is 12.1. The lowest BCUT2D eigenvalue weighted by Gasteiger charge is -2.12. The molecule has 0 fully saturated rings. The largest absolute Gasteiger partial charge is 0.497 e. The van der Waals surface area contributed by atoms with Gasteiger partial charge in [-0.15, -0.1) is 0 Å². The van der Waals surface area contributed by atoms with Gasteiger partial charge in [-0.3, -0.25) is 15.6 Å². The lowest BCUT2D eigenvalue weighted by Crippen LogP contribution is -2.46. The van der Waals surface area contributed by atoms with Gasteiger partial charge in [0.2, 0.25) is 0 Å². The van der Waals surface area contributed by atoms with Crippen molar-refractivity contribution in [1.82, 2.24) is 16.2 Å². The van der Waals surface area contributed by atoms with E-state index < -0.39 is 0 Å². The van der Waals surface area contributed by atoms with Crippen LogP contribution in [0.1, 0.15) is 15.9 Å². The van der Waals surface area contributed by atoms with E-state index in [0.717, 1.165) is 11.3 Å². The number of carbonyl (C=O) groups is 1. The Morgan fingerprint density at radius 3 is 2.36 bits per heavy atom. The quantitative estimate of drug-likeness (QED) is 0.595. The third-order valence-electron chi connectivity index (χ3n) is 2.94. The molecule has 3 N–H and O–H groups in total. The number of ether oxygens (including phenoxy) is 1. The van der Waals surface area contributed by atoms with E-state index in [1.807, 2.05) is 30.3 Å². The van der Waals surface area contributed by atoms with Gasteiger partial charge in [-0.1, -0.05) is 30.3 Å². The molecule has 5 nitrogen and oxygen atoms in total. The van der Waals surface area contributed by atoms with Crippen LogP contribution in [-0.2, 0) is 6.54 Å². The summed E-state index contributed by atoms with van der Waals surface area (Å²) in [4.78, 5) is 11.8. The van der Waals surface area contributed by atoms with Crippen LogP contribution < -0.4 is 20.9 Å². The molecule has 2 aromatic carbocycles. The van der Waals surface area contributed by atoms with E-state index in [2.05, 4.69) is 16.2 Å². The van der Waals surface area contributed by atoms with Crippen molar-refractivity contribution in [2.24, 2.45) is 0 Å². The Labute approximate surface area is 134 Å². The lowest BCUT2D eigenvalue weighted by atomic mass is 10.2. The van der Waals surface area contributed by atoms with Gasteiger partial charge in [0.15, 0.2) is 5.11 Å². The molecule has 2 aromatic rings. The van der Waals surface area contributed by atoms with E-state index in [1.165, 1.54) is 0 Å². The number of hydrazine groups is 1. The van der Waals surface area contributed by atoms with Crippen molar-refractivity contribution in [2.45, 2.75) is 6.54 Å². The fraction of sp³-hybridized carbons (Fsp3) is 0.125. The van der Waals surface area contributed by atoms with Gasteiger partial charge in [-0.25, -0.2) is 0 Å². The number of benzene rings is 2. The van der Waals surface area contributed by atoms with Crippen LogP contribution in [0.3, 0.4) is 0 Å². The second kappa shape index (κ2) is 7.99. The molecule has 0 unspecified atom stereocenters. The summed E-state index contributed by atoms with van der Waals surface area (Å²) in [5, 5.41) is 3.36. The summed E-state index contributed by atoms with van der Waals surface area (Å²) < 4.78 is 5.10. The molecule has 0 aliphatic carbocycles.